The van der Waals surface area contributed by atoms with Crippen molar-refractivity contribution in [2.75, 3.05) is 25.1 Å². The van der Waals surface area contributed by atoms with Gasteiger partial charge >= 0.3 is 0 Å². The summed E-state index contributed by atoms with van der Waals surface area (Å²) in [6, 6.07) is 7.63. The Labute approximate surface area is 116 Å². The van der Waals surface area contributed by atoms with Crippen LogP contribution in [0.5, 0.6) is 5.75 Å². The fraction of sp³-hybridized carbons (Fsp3) is 0.625. The van der Waals surface area contributed by atoms with Gasteiger partial charge in [-0.2, -0.15) is 0 Å². The molecular weight excluding hydrogens is 236 g/mol. The lowest BCUT2D eigenvalue weighted by molar-refractivity contribution is 0.390. The van der Waals surface area contributed by atoms with Crippen LogP contribution >= 0.6 is 0 Å². The molecule has 0 aliphatic carbocycles. The Hall–Kier alpha value is -1.22. The van der Waals surface area contributed by atoms with Gasteiger partial charge in [-0.25, -0.2) is 0 Å². The third kappa shape index (κ3) is 3.21. The van der Waals surface area contributed by atoms with Crippen LogP contribution in [0.4, 0.5) is 5.69 Å². The first-order chi connectivity index (χ1) is 9.01. The summed E-state index contributed by atoms with van der Waals surface area (Å²) in [6.07, 6.45) is 0. The zero-order valence-electron chi connectivity index (χ0n) is 12.7. The average Bonchev–Trinajstić information content (AvgIpc) is 2.36. The molecule has 0 spiro atoms. The summed E-state index contributed by atoms with van der Waals surface area (Å²) < 4.78 is 5.60. The molecule has 1 aromatic carbocycles. The summed E-state index contributed by atoms with van der Waals surface area (Å²) >= 11 is 0. The second-order valence-corrected chi connectivity index (χ2v) is 5.96. The Balaban J connectivity index is 2.28. The molecule has 0 unspecified atom stereocenters. The zero-order chi connectivity index (χ0) is 14.0. The average molecular weight is 262 g/mol. The summed E-state index contributed by atoms with van der Waals surface area (Å²) in [5, 5.41) is 3.56. The molecule has 1 N–H and O–H groups in total. The van der Waals surface area contributed by atoms with Crippen LogP contribution in [0, 0.1) is 0 Å². The number of ether oxygens (including phenoxy) is 1. The van der Waals surface area contributed by atoms with Gasteiger partial charge in [0.05, 0.1) is 12.8 Å². The molecule has 0 bridgehead atoms. The quantitative estimate of drug-likeness (QED) is 0.906. The van der Waals surface area contributed by atoms with Gasteiger partial charge in [0.25, 0.3) is 0 Å². The zero-order valence-corrected chi connectivity index (χ0v) is 12.7. The van der Waals surface area contributed by atoms with E-state index in [1.807, 2.05) is 0 Å². The number of nitrogens with zero attached hydrogens (tertiary/aromatic N) is 1. The van der Waals surface area contributed by atoms with Crippen LogP contribution in [-0.2, 0) is 0 Å². The van der Waals surface area contributed by atoms with Crippen molar-refractivity contribution in [1.82, 2.24) is 5.32 Å². The van der Waals surface area contributed by atoms with Gasteiger partial charge in [0.15, 0.2) is 0 Å². The van der Waals surface area contributed by atoms with Crippen molar-refractivity contribution in [2.24, 2.45) is 0 Å². The summed E-state index contributed by atoms with van der Waals surface area (Å²) in [4.78, 5) is 2.43. The van der Waals surface area contributed by atoms with Gasteiger partial charge in [0.2, 0.25) is 0 Å². The molecule has 2 rings (SSSR count). The second kappa shape index (κ2) is 5.83. The fourth-order valence-electron chi connectivity index (χ4n) is 2.84. The van der Waals surface area contributed by atoms with E-state index in [0.29, 0.717) is 18.0 Å². The van der Waals surface area contributed by atoms with E-state index in [2.05, 4.69) is 56.1 Å². The summed E-state index contributed by atoms with van der Waals surface area (Å²) in [5.74, 6) is 1.52. The first-order valence-electron chi connectivity index (χ1n) is 7.20. The lowest BCUT2D eigenvalue weighted by Gasteiger charge is -2.38. The van der Waals surface area contributed by atoms with Gasteiger partial charge < -0.3 is 15.0 Å². The van der Waals surface area contributed by atoms with Crippen LogP contribution < -0.4 is 15.0 Å². The third-order valence-electron chi connectivity index (χ3n) is 3.77. The normalized spacial score (nSPS) is 23.8. The SMILES string of the molecule is COc1cc(C(C)C)ccc1N1C[C@@H](C)N[C@@H](C)C1. The molecule has 1 aliphatic rings. The Kier molecular flexibility index (Phi) is 4.35. The molecule has 3 heteroatoms. The van der Waals surface area contributed by atoms with Crippen molar-refractivity contribution >= 4 is 5.69 Å². The Morgan fingerprint density at radius 2 is 1.84 bits per heavy atom. The molecule has 1 aromatic rings. The van der Waals surface area contributed by atoms with E-state index < -0.39 is 0 Å². The molecule has 2 atom stereocenters. The standard InChI is InChI=1S/C16H26N2O/c1-11(2)14-6-7-15(16(8-14)19-5)18-9-12(3)17-13(4)10-18/h6-8,11-13,17H,9-10H2,1-5H3/t12-,13+. The maximum atomic E-state index is 5.60. The number of anilines is 1. The van der Waals surface area contributed by atoms with Gasteiger partial charge in [-0.15, -0.1) is 0 Å². The highest BCUT2D eigenvalue weighted by atomic mass is 16.5. The fourth-order valence-corrected chi connectivity index (χ4v) is 2.84. The van der Waals surface area contributed by atoms with Gasteiger partial charge in [0.1, 0.15) is 5.75 Å². The predicted molar refractivity (Wildman–Crippen MR) is 81.4 cm³/mol. The molecule has 19 heavy (non-hydrogen) atoms. The minimum atomic E-state index is 0.512. The highest BCUT2D eigenvalue weighted by Gasteiger charge is 2.23. The molecule has 0 saturated carbocycles. The Morgan fingerprint density at radius 1 is 1.21 bits per heavy atom. The largest absolute Gasteiger partial charge is 0.495 e. The van der Waals surface area contributed by atoms with Crippen molar-refractivity contribution in [2.45, 2.75) is 45.7 Å². The number of benzene rings is 1. The van der Waals surface area contributed by atoms with Crippen LogP contribution in [0.15, 0.2) is 18.2 Å². The molecule has 0 amide bonds. The maximum absolute atomic E-state index is 5.60. The Bertz CT molecular complexity index is 421. The predicted octanol–water partition coefficient (Wildman–Crippen LogP) is 3.01. The molecule has 1 fully saturated rings. The van der Waals surface area contributed by atoms with E-state index >= 15 is 0 Å². The van der Waals surface area contributed by atoms with Gasteiger partial charge in [-0.3, -0.25) is 0 Å². The van der Waals surface area contributed by atoms with E-state index in [-0.39, 0.29) is 0 Å². The number of methoxy groups -OCH3 is 1. The van der Waals surface area contributed by atoms with Crippen LogP contribution in [0.2, 0.25) is 0 Å². The number of hydrogen-bond acceptors (Lipinski definition) is 3. The summed E-state index contributed by atoms with van der Waals surface area (Å²) in [6.45, 7) is 10.9. The lowest BCUT2D eigenvalue weighted by Crippen LogP contribution is -2.54. The number of hydrogen-bond donors (Lipinski definition) is 1. The molecule has 1 aliphatic heterocycles. The molecule has 1 saturated heterocycles. The minimum absolute atomic E-state index is 0.512. The molecule has 106 valence electrons. The van der Waals surface area contributed by atoms with E-state index in [4.69, 9.17) is 4.74 Å². The molecule has 0 aromatic heterocycles. The van der Waals surface area contributed by atoms with Gasteiger partial charge in [0, 0.05) is 25.2 Å². The van der Waals surface area contributed by atoms with Crippen molar-refractivity contribution in [3.8, 4) is 5.75 Å². The summed E-state index contributed by atoms with van der Waals surface area (Å²) in [7, 11) is 1.76. The van der Waals surface area contributed by atoms with Crippen molar-refractivity contribution in [3.63, 3.8) is 0 Å². The van der Waals surface area contributed by atoms with Crippen LogP contribution in [0.3, 0.4) is 0 Å². The highest BCUT2D eigenvalue weighted by Crippen LogP contribution is 2.32. The van der Waals surface area contributed by atoms with Crippen molar-refractivity contribution in [3.05, 3.63) is 23.8 Å². The minimum Gasteiger partial charge on any atom is -0.495 e. The molecule has 3 nitrogen and oxygen atoms in total. The van der Waals surface area contributed by atoms with E-state index in [0.717, 1.165) is 18.8 Å². The smallest absolute Gasteiger partial charge is 0.142 e. The van der Waals surface area contributed by atoms with Crippen LogP contribution in [0.1, 0.15) is 39.2 Å². The van der Waals surface area contributed by atoms with Gasteiger partial charge in [-0.05, 0) is 37.5 Å². The molecular formula is C16H26N2O. The third-order valence-corrected chi connectivity index (χ3v) is 3.77. The van der Waals surface area contributed by atoms with E-state index in [9.17, 15) is 0 Å². The second-order valence-electron chi connectivity index (χ2n) is 5.96. The Morgan fingerprint density at radius 3 is 2.37 bits per heavy atom. The molecule has 1 heterocycles. The van der Waals surface area contributed by atoms with E-state index in [1.165, 1.54) is 11.3 Å². The maximum Gasteiger partial charge on any atom is 0.142 e. The monoisotopic (exact) mass is 262 g/mol. The number of piperazine rings is 1. The van der Waals surface area contributed by atoms with Crippen molar-refractivity contribution in [1.29, 1.82) is 0 Å². The summed E-state index contributed by atoms with van der Waals surface area (Å²) in [5.41, 5.74) is 2.55. The topological polar surface area (TPSA) is 24.5 Å². The molecule has 0 radical (unpaired) electrons. The van der Waals surface area contributed by atoms with E-state index in [1.54, 1.807) is 7.11 Å². The number of nitrogens with one attached hydrogen (secondary N) is 1. The van der Waals surface area contributed by atoms with Gasteiger partial charge in [-0.1, -0.05) is 19.9 Å². The first-order valence-corrected chi connectivity index (χ1v) is 7.20. The number of rotatable bonds is 3. The lowest BCUT2D eigenvalue weighted by atomic mass is 10.0. The highest BCUT2D eigenvalue weighted by molar-refractivity contribution is 5.60. The van der Waals surface area contributed by atoms with Crippen LogP contribution in [0.25, 0.3) is 0 Å². The first kappa shape index (κ1) is 14.2. The van der Waals surface area contributed by atoms with Crippen molar-refractivity contribution < 1.29 is 4.74 Å². The van der Waals surface area contributed by atoms with Crippen LogP contribution in [-0.4, -0.2) is 32.3 Å².